The maximum Gasteiger partial charge on any atom is 0.283 e. The first-order valence-electron chi connectivity index (χ1n) is 10.5. The van der Waals surface area contributed by atoms with E-state index in [1.165, 1.54) is 6.07 Å². The van der Waals surface area contributed by atoms with Gasteiger partial charge in [0.15, 0.2) is 5.54 Å². The topological polar surface area (TPSA) is 82.2 Å². The van der Waals surface area contributed by atoms with Gasteiger partial charge >= 0.3 is 0 Å². The van der Waals surface area contributed by atoms with Crippen LogP contribution in [0.4, 0.5) is 10.1 Å². The molecule has 0 amide bonds. The molecular weight excluding hydrogens is 411 g/mol. The van der Waals surface area contributed by atoms with Gasteiger partial charge in [-0.15, -0.1) is 0 Å². The molecule has 0 unspecified atom stereocenters. The van der Waals surface area contributed by atoms with Gasteiger partial charge in [-0.3, -0.25) is 0 Å². The molecule has 6 rings (SSSR count). The SMILES string of the molecule is NC1=N[C@@]2(CO1)c1cc(-c3ccccc3F)ccc1Oc1ncc(N3CCOCC3)cc12. The van der Waals surface area contributed by atoms with Crippen molar-refractivity contribution in [2.24, 2.45) is 10.7 Å². The van der Waals surface area contributed by atoms with E-state index in [1.54, 1.807) is 18.3 Å². The van der Waals surface area contributed by atoms with E-state index in [0.29, 0.717) is 30.4 Å². The lowest BCUT2D eigenvalue weighted by molar-refractivity contribution is 0.122. The first-order valence-corrected chi connectivity index (χ1v) is 10.5. The van der Waals surface area contributed by atoms with Crippen LogP contribution in [0, 0.1) is 5.82 Å². The van der Waals surface area contributed by atoms with E-state index in [9.17, 15) is 4.39 Å². The molecule has 0 saturated carbocycles. The van der Waals surface area contributed by atoms with Crippen LogP contribution in [0.2, 0.25) is 0 Å². The number of hydrogen-bond donors (Lipinski definition) is 1. The molecule has 162 valence electrons. The fourth-order valence-electron chi connectivity index (χ4n) is 4.57. The Labute approximate surface area is 184 Å². The van der Waals surface area contributed by atoms with Gasteiger partial charge in [-0.2, -0.15) is 0 Å². The minimum Gasteiger partial charge on any atom is -0.462 e. The van der Waals surface area contributed by atoms with Crippen molar-refractivity contribution in [1.29, 1.82) is 0 Å². The van der Waals surface area contributed by atoms with Gasteiger partial charge in [0.1, 0.15) is 18.2 Å². The van der Waals surface area contributed by atoms with Crippen molar-refractivity contribution in [2.75, 3.05) is 37.8 Å². The highest BCUT2D eigenvalue weighted by Crippen LogP contribution is 2.51. The van der Waals surface area contributed by atoms with Crippen LogP contribution in [-0.2, 0) is 15.0 Å². The molecule has 2 aromatic carbocycles. The standard InChI is InChI=1S/C24H21FN4O3/c25-20-4-2-1-3-17(20)15-5-6-21-18(11-15)24(14-31-23(26)28-24)19-12-16(13-27-22(19)32-21)29-7-9-30-10-8-29/h1-6,11-13H,7-10,14H2,(H2,26,28)/t24-/m0/s1. The fourth-order valence-corrected chi connectivity index (χ4v) is 4.57. The van der Waals surface area contributed by atoms with Crippen LogP contribution in [0.1, 0.15) is 11.1 Å². The molecule has 1 atom stereocenters. The van der Waals surface area contributed by atoms with Gasteiger partial charge in [0.25, 0.3) is 6.02 Å². The van der Waals surface area contributed by atoms with E-state index >= 15 is 0 Å². The first-order chi connectivity index (χ1) is 15.6. The van der Waals surface area contributed by atoms with Crippen LogP contribution in [0.5, 0.6) is 11.6 Å². The summed E-state index contributed by atoms with van der Waals surface area (Å²) in [7, 11) is 0. The second-order valence-corrected chi connectivity index (χ2v) is 8.04. The number of nitrogens with zero attached hydrogens (tertiary/aromatic N) is 3. The highest BCUT2D eigenvalue weighted by atomic mass is 19.1. The van der Waals surface area contributed by atoms with Crippen LogP contribution >= 0.6 is 0 Å². The number of nitrogens with two attached hydrogens (primary N) is 1. The van der Waals surface area contributed by atoms with Crippen LogP contribution in [0.15, 0.2) is 59.7 Å². The molecule has 2 N–H and O–H groups in total. The minimum absolute atomic E-state index is 0.108. The highest BCUT2D eigenvalue weighted by Gasteiger charge is 2.48. The Morgan fingerprint density at radius 3 is 2.66 bits per heavy atom. The number of aromatic nitrogens is 1. The zero-order chi connectivity index (χ0) is 21.7. The van der Waals surface area contributed by atoms with E-state index < -0.39 is 5.54 Å². The largest absolute Gasteiger partial charge is 0.462 e. The highest BCUT2D eigenvalue weighted by molar-refractivity contribution is 5.78. The van der Waals surface area contributed by atoms with Gasteiger partial charge in [-0.25, -0.2) is 14.4 Å². The molecule has 32 heavy (non-hydrogen) atoms. The molecule has 4 heterocycles. The number of benzene rings is 2. The third kappa shape index (κ3) is 2.90. The Balaban J connectivity index is 1.51. The van der Waals surface area contributed by atoms with E-state index in [0.717, 1.165) is 35.5 Å². The Hall–Kier alpha value is -3.65. The number of amidine groups is 1. The Kier molecular flexibility index (Phi) is 4.29. The quantitative estimate of drug-likeness (QED) is 0.668. The number of rotatable bonds is 2. The van der Waals surface area contributed by atoms with Gasteiger partial charge in [-0.05, 0) is 29.8 Å². The zero-order valence-corrected chi connectivity index (χ0v) is 17.3. The minimum atomic E-state index is -0.913. The summed E-state index contributed by atoms with van der Waals surface area (Å²) in [6.45, 7) is 3.12. The molecule has 1 fully saturated rings. The molecule has 0 radical (unpaired) electrons. The van der Waals surface area contributed by atoms with E-state index in [2.05, 4.69) is 9.88 Å². The lowest BCUT2D eigenvalue weighted by atomic mass is 9.81. The summed E-state index contributed by atoms with van der Waals surface area (Å²) in [4.78, 5) is 11.5. The number of anilines is 1. The normalized spacial score (nSPS) is 21.4. The lowest BCUT2D eigenvalue weighted by Gasteiger charge is -2.35. The lowest BCUT2D eigenvalue weighted by Crippen LogP contribution is -2.37. The molecule has 1 spiro atoms. The van der Waals surface area contributed by atoms with Crippen LogP contribution in [-0.4, -0.2) is 43.9 Å². The monoisotopic (exact) mass is 432 g/mol. The van der Waals surface area contributed by atoms with Gasteiger partial charge in [0.2, 0.25) is 5.88 Å². The summed E-state index contributed by atoms with van der Waals surface area (Å²) in [5.41, 5.74) is 8.82. The number of pyridine rings is 1. The summed E-state index contributed by atoms with van der Waals surface area (Å²) in [6.07, 6.45) is 1.81. The second-order valence-electron chi connectivity index (χ2n) is 8.04. The molecular formula is C24H21FN4O3. The summed E-state index contributed by atoms with van der Waals surface area (Å²) < 4.78 is 31.8. The second kappa shape index (κ2) is 7.20. The van der Waals surface area contributed by atoms with Crippen LogP contribution < -0.4 is 15.4 Å². The number of hydrogen-bond acceptors (Lipinski definition) is 7. The number of morpholine rings is 1. The molecule has 0 bridgehead atoms. The maximum atomic E-state index is 14.5. The predicted molar refractivity (Wildman–Crippen MR) is 118 cm³/mol. The number of halogens is 1. The zero-order valence-electron chi connectivity index (χ0n) is 17.3. The number of fused-ring (bicyclic) bond motifs is 4. The summed E-state index contributed by atoms with van der Waals surface area (Å²) in [6, 6.07) is 14.4. The molecule has 7 nitrogen and oxygen atoms in total. The van der Waals surface area contributed by atoms with Crippen molar-refractivity contribution >= 4 is 11.7 Å². The van der Waals surface area contributed by atoms with Gasteiger partial charge in [0, 0.05) is 24.2 Å². The van der Waals surface area contributed by atoms with Crippen molar-refractivity contribution < 1.29 is 18.6 Å². The molecule has 3 aliphatic heterocycles. The van der Waals surface area contributed by atoms with Crippen LogP contribution in [0.3, 0.4) is 0 Å². The molecule has 3 aromatic rings. The van der Waals surface area contributed by atoms with E-state index in [4.69, 9.17) is 24.9 Å². The molecule has 0 aliphatic carbocycles. The number of ether oxygens (including phenoxy) is 3. The van der Waals surface area contributed by atoms with Gasteiger partial charge in [0.05, 0.1) is 30.7 Å². The van der Waals surface area contributed by atoms with Gasteiger partial charge < -0.3 is 24.8 Å². The van der Waals surface area contributed by atoms with Crippen molar-refractivity contribution in [1.82, 2.24) is 4.98 Å². The average molecular weight is 432 g/mol. The first kappa shape index (κ1) is 19.1. The predicted octanol–water partition coefficient (Wildman–Crippen LogP) is 3.42. The summed E-state index contributed by atoms with van der Waals surface area (Å²) in [5, 5.41) is 0. The molecule has 1 saturated heterocycles. The van der Waals surface area contributed by atoms with Gasteiger partial charge in [-0.1, -0.05) is 24.3 Å². The van der Waals surface area contributed by atoms with Crippen molar-refractivity contribution in [2.45, 2.75) is 5.54 Å². The summed E-state index contributed by atoms with van der Waals surface area (Å²) >= 11 is 0. The average Bonchev–Trinajstić information content (AvgIpc) is 3.22. The summed E-state index contributed by atoms with van der Waals surface area (Å²) in [5.74, 6) is 0.780. The van der Waals surface area contributed by atoms with Crippen molar-refractivity contribution in [3.63, 3.8) is 0 Å². The Morgan fingerprint density at radius 2 is 1.88 bits per heavy atom. The number of aliphatic imine (C=N–C) groups is 1. The fraction of sp³-hybridized carbons (Fsp3) is 0.250. The molecule has 3 aliphatic rings. The maximum absolute atomic E-state index is 14.5. The van der Waals surface area contributed by atoms with Crippen molar-refractivity contribution in [3.8, 4) is 22.8 Å². The van der Waals surface area contributed by atoms with Crippen molar-refractivity contribution in [3.05, 3.63) is 71.7 Å². The Bertz CT molecular complexity index is 1240. The Morgan fingerprint density at radius 1 is 1.03 bits per heavy atom. The smallest absolute Gasteiger partial charge is 0.283 e. The third-order valence-electron chi connectivity index (χ3n) is 6.21. The third-order valence-corrected chi connectivity index (χ3v) is 6.21. The van der Waals surface area contributed by atoms with E-state index in [-0.39, 0.29) is 18.4 Å². The van der Waals surface area contributed by atoms with Crippen LogP contribution in [0.25, 0.3) is 11.1 Å². The molecule has 1 aromatic heterocycles. The van der Waals surface area contributed by atoms with E-state index in [1.807, 2.05) is 30.3 Å². The molecule has 8 heteroatoms.